The molecule has 4 rings (SSSR count). The second-order valence-electron chi connectivity index (χ2n) is 6.77. The summed E-state index contributed by atoms with van der Waals surface area (Å²) in [6, 6.07) is 5.17. The third-order valence-corrected chi connectivity index (χ3v) is 5.45. The Hall–Kier alpha value is -1.01. The Bertz CT molecular complexity index is 492. The third kappa shape index (κ3) is 3.43. The number of rotatable bonds is 4. The smallest absolute Gasteiger partial charge is 0.0995 e. The molecule has 3 heterocycles. The highest BCUT2D eigenvalue weighted by Gasteiger charge is 2.45. The third-order valence-electron chi connectivity index (χ3n) is 5.45. The van der Waals surface area contributed by atoms with E-state index in [4.69, 9.17) is 14.2 Å². The fraction of sp³-hybridized carbons (Fsp3) is 0.722. The van der Waals surface area contributed by atoms with Gasteiger partial charge in [0.2, 0.25) is 0 Å². The summed E-state index contributed by atoms with van der Waals surface area (Å²) >= 11 is 0. The summed E-state index contributed by atoms with van der Waals surface area (Å²) < 4.78 is 18.0. The first-order valence-electron chi connectivity index (χ1n) is 8.87. The summed E-state index contributed by atoms with van der Waals surface area (Å²) in [6.07, 6.45) is 8.67. The van der Waals surface area contributed by atoms with Gasteiger partial charge in [0.25, 0.3) is 0 Å². The molecule has 0 spiro atoms. The van der Waals surface area contributed by atoms with Crippen molar-refractivity contribution in [2.45, 2.75) is 56.6 Å². The number of fused-ring (bicyclic) bond motifs is 2. The molecule has 0 radical (unpaired) electrons. The van der Waals surface area contributed by atoms with E-state index >= 15 is 0 Å². The van der Waals surface area contributed by atoms with Gasteiger partial charge in [-0.05, 0) is 43.4 Å². The van der Waals surface area contributed by atoms with E-state index in [9.17, 15) is 0 Å². The largest absolute Gasteiger partial charge is 0.381 e. The Balaban J connectivity index is 1.44. The zero-order chi connectivity index (χ0) is 15.5. The predicted molar refractivity (Wildman–Crippen MR) is 86.1 cm³/mol. The van der Waals surface area contributed by atoms with Crippen molar-refractivity contribution in [1.29, 1.82) is 0 Å². The first kappa shape index (κ1) is 15.5. The summed E-state index contributed by atoms with van der Waals surface area (Å²) in [5.41, 5.74) is 1.18. The van der Waals surface area contributed by atoms with Crippen LogP contribution in [0.3, 0.4) is 0 Å². The van der Waals surface area contributed by atoms with Gasteiger partial charge in [0.1, 0.15) is 0 Å². The van der Waals surface area contributed by atoms with E-state index in [0.29, 0.717) is 18.7 Å². The molecular formula is C18H26N2O3. The zero-order valence-electron chi connectivity index (χ0n) is 13.6. The van der Waals surface area contributed by atoms with Crippen LogP contribution in [0.5, 0.6) is 0 Å². The molecule has 1 aromatic rings. The monoisotopic (exact) mass is 318 g/mol. The van der Waals surface area contributed by atoms with Gasteiger partial charge in [0, 0.05) is 44.2 Å². The Labute approximate surface area is 137 Å². The minimum atomic E-state index is 0.188. The van der Waals surface area contributed by atoms with Crippen LogP contribution in [0.4, 0.5) is 0 Å². The Morgan fingerprint density at radius 1 is 1.09 bits per heavy atom. The molecule has 2 aliphatic heterocycles. The standard InChI is InChI=1S/C18H26N2O3/c1-2-17-18(23-13-14-3-7-19-8-4-14)16(1)20(9-12-22-17)15-5-10-21-11-6-15/h3-4,7-8,15-18H,1-2,5-6,9-13H2/t16-,17-,18+/m1/s1. The van der Waals surface area contributed by atoms with Gasteiger partial charge in [-0.15, -0.1) is 0 Å². The number of hydrogen-bond acceptors (Lipinski definition) is 5. The molecule has 2 saturated heterocycles. The van der Waals surface area contributed by atoms with Crippen molar-refractivity contribution in [3.63, 3.8) is 0 Å². The van der Waals surface area contributed by atoms with Crippen molar-refractivity contribution in [2.75, 3.05) is 26.4 Å². The van der Waals surface area contributed by atoms with Crippen molar-refractivity contribution in [3.8, 4) is 0 Å². The van der Waals surface area contributed by atoms with Crippen LogP contribution in [0.15, 0.2) is 24.5 Å². The highest BCUT2D eigenvalue weighted by molar-refractivity contribution is 5.08. The molecule has 5 heteroatoms. The highest BCUT2D eigenvalue weighted by Crippen LogP contribution is 2.35. The average molecular weight is 318 g/mol. The fourth-order valence-electron chi connectivity index (χ4n) is 4.28. The van der Waals surface area contributed by atoms with Crippen LogP contribution in [-0.4, -0.2) is 60.5 Å². The fourth-order valence-corrected chi connectivity index (χ4v) is 4.28. The Kier molecular flexibility index (Phi) is 4.90. The van der Waals surface area contributed by atoms with Crippen molar-refractivity contribution >= 4 is 0 Å². The topological polar surface area (TPSA) is 43.8 Å². The maximum absolute atomic E-state index is 6.33. The molecule has 3 fully saturated rings. The molecule has 1 aliphatic carbocycles. The van der Waals surface area contributed by atoms with E-state index in [0.717, 1.165) is 45.6 Å². The van der Waals surface area contributed by atoms with Gasteiger partial charge in [-0.2, -0.15) is 0 Å². The van der Waals surface area contributed by atoms with Gasteiger partial charge in [-0.25, -0.2) is 0 Å². The van der Waals surface area contributed by atoms with Crippen LogP contribution < -0.4 is 0 Å². The number of ether oxygens (including phenoxy) is 3. The van der Waals surface area contributed by atoms with Crippen LogP contribution in [0.25, 0.3) is 0 Å². The summed E-state index contributed by atoms with van der Waals surface area (Å²) in [5.74, 6) is 0. The van der Waals surface area contributed by atoms with Crippen molar-refractivity contribution in [2.24, 2.45) is 0 Å². The first-order valence-corrected chi connectivity index (χ1v) is 8.87. The zero-order valence-corrected chi connectivity index (χ0v) is 13.6. The summed E-state index contributed by atoms with van der Waals surface area (Å²) in [6.45, 7) is 4.28. The summed E-state index contributed by atoms with van der Waals surface area (Å²) in [4.78, 5) is 6.73. The lowest BCUT2D eigenvalue weighted by Gasteiger charge is -2.39. The van der Waals surface area contributed by atoms with Gasteiger partial charge < -0.3 is 14.2 Å². The maximum Gasteiger partial charge on any atom is 0.0995 e. The lowest BCUT2D eigenvalue weighted by atomic mass is 10.0. The molecule has 5 nitrogen and oxygen atoms in total. The number of pyridine rings is 1. The Morgan fingerprint density at radius 3 is 2.74 bits per heavy atom. The molecule has 1 aromatic heterocycles. The van der Waals surface area contributed by atoms with E-state index in [1.165, 1.54) is 12.0 Å². The lowest BCUT2D eigenvalue weighted by Crippen LogP contribution is -2.50. The van der Waals surface area contributed by atoms with Crippen LogP contribution in [0, 0.1) is 0 Å². The van der Waals surface area contributed by atoms with Crippen molar-refractivity contribution < 1.29 is 14.2 Å². The van der Waals surface area contributed by atoms with E-state index in [2.05, 4.69) is 9.88 Å². The summed E-state index contributed by atoms with van der Waals surface area (Å²) in [7, 11) is 0. The number of aromatic nitrogens is 1. The van der Waals surface area contributed by atoms with Gasteiger partial charge in [-0.1, -0.05) is 0 Å². The number of nitrogens with zero attached hydrogens (tertiary/aromatic N) is 2. The first-order chi connectivity index (χ1) is 11.4. The number of hydrogen-bond donors (Lipinski definition) is 0. The molecule has 3 atom stereocenters. The van der Waals surface area contributed by atoms with Gasteiger partial charge in [-0.3, -0.25) is 9.88 Å². The molecule has 0 aromatic carbocycles. The predicted octanol–water partition coefficient (Wildman–Crippen LogP) is 2.01. The van der Waals surface area contributed by atoms with Gasteiger partial charge >= 0.3 is 0 Å². The molecule has 1 saturated carbocycles. The van der Waals surface area contributed by atoms with E-state index < -0.39 is 0 Å². The van der Waals surface area contributed by atoms with E-state index in [1.807, 2.05) is 24.5 Å². The second kappa shape index (κ2) is 7.26. The molecule has 3 aliphatic rings. The maximum atomic E-state index is 6.33. The quantitative estimate of drug-likeness (QED) is 0.850. The van der Waals surface area contributed by atoms with E-state index in [1.54, 1.807) is 0 Å². The van der Waals surface area contributed by atoms with Crippen molar-refractivity contribution in [3.05, 3.63) is 30.1 Å². The molecule has 23 heavy (non-hydrogen) atoms. The normalized spacial score (nSPS) is 32.8. The van der Waals surface area contributed by atoms with Crippen LogP contribution >= 0.6 is 0 Å². The molecule has 0 N–H and O–H groups in total. The van der Waals surface area contributed by atoms with Crippen LogP contribution in [0.2, 0.25) is 0 Å². The van der Waals surface area contributed by atoms with Crippen molar-refractivity contribution in [1.82, 2.24) is 9.88 Å². The molecule has 0 unspecified atom stereocenters. The summed E-state index contributed by atoms with van der Waals surface area (Å²) in [5, 5.41) is 0. The molecular weight excluding hydrogens is 292 g/mol. The van der Waals surface area contributed by atoms with Gasteiger partial charge in [0.15, 0.2) is 0 Å². The molecule has 126 valence electrons. The molecule has 2 bridgehead atoms. The van der Waals surface area contributed by atoms with E-state index in [-0.39, 0.29) is 12.2 Å². The Morgan fingerprint density at radius 2 is 1.91 bits per heavy atom. The average Bonchev–Trinajstić information content (AvgIpc) is 2.90. The highest BCUT2D eigenvalue weighted by atomic mass is 16.5. The van der Waals surface area contributed by atoms with Crippen LogP contribution in [0.1, 0.15) is 31.2 Å². The van der Waals surface area contributed by atoms with Crippen LogP contribution in [-0.2, 0) is 20.8 Å². The lowest BCUT2D eigenvalue weighted by molar-refractivity contribution is -0.0666. The second-order valence-corrected chi connectivity index (χ2v) is 6.77. The molecule has 0 amide bonds. The van der Waals surface area contributed by atoms with Gasteiger partial charge in [0.05, 0.1) is 25.4 Å². The minimum Gasteiger partial charge on any atom is -0.381 e. The minimum absolute atomic E-state index is 0.188. The SMILES string of the molecule is c1cc(CO[C@H]2[C@H]3CC[C@H]2OCCN3C2CCOCC2)ccn1.